The van der Waals surface area contributed by atoms with Gasteiger partial charge in [0, 0.05) is 6.54 Å². The van der Waals surface area contributed by atoms with Crippen LogP contribution in [0.2, 0.25) is 0 Å². The molecule has 0 atom stereocenters. The van der Waals surface area contributed by atoms with Crippen LogP contribution < -0.4 is 5.32 Å². The number of carbonyl (C=O) groups excluding carboxylic acids is 1. The number of amides is 1. The molecule has 3 nitrogen and oxygen atoms in total. The molecule has 0 aliphatic heterocycles. The first-order chi connectivity index (χ1) is 8.97. The van der Waals surface area contributed by atoms with Crippen molar-refractivity contribution in [3.8, 4) is 0 Å². The summed E-state index contributed by atoms with van der Waals surface area (Å²) in [6.45, 7) is 6.39. The predicted octanol–water partition coefficient (Wildman–Crippen LogP) is 4.65. The Morgan fingerprint density at radius 3 is 2.42 bits per heavy atom. The first kappa shape index (κ1) is 16.3. The molecule has 0 saturated heterocycles. The standard InChI is InChI=1S/C16H31NO2/c1-16(2,3)19-15(18)17-13-9-5-8-12-14-10-6-4-7-11-14/h14H,4-13H2,1-3H3,(H,17,18). The molecule has 1 saturated carbocycles. The lowest BCUT2D eigenvalue weighted by Crippen LogP contribution is -2.32. The average molecular weight is 269 g/mol. The van der Waals surface area contributed by atoms with E-state index in [4.69, 9.17) is 4.74 Å². The number of hydrogen-bond donors (Lipinski definition) is 1. The molecule has 0 aromatic heterocycles. The lowest BCUT2D eigenvalue weighted by molar-refractivity contribution is 0.0527. The highest BCUT2D eigenvalue weighted by atomic mass is 16.6. The molecule has 1 aliphatic carbocycles. The molecule has 1 fully saturated rings. The van der Waals surface area contributed by atoms with E-state index in [1.807, 2.05) is 20.8 Å². The molecule has 1 aliphatic rings. The van der Waals surface area contributed by atoms with E-state index in [0.29, 0.717) is 0 Å². The summed E-state index contributed by atoms with van der Waals surface area (Å²) in [6, 6.07) is 0. The highest BCUT2D eigenvalue weighted by Crippen LogP contribution is 2.27. The molecule has 0 unspecified atom stereocenters. The van der Waals surface area contributed by atoms with Crippen molar-refractivity contribution in [3.05, 3.63) is 0 Å². The van der Waals surface area contributed by atoms with E-state index in [-0.39, 0.29) is 6.09 Å². The Morgan fingerprint density at radius 2 is 1.79 bits per heavy atom. The Balaban J connectivity index is 1.92. The molecule has 0 aromatic carbocycles. The summed E-state index contributed by atoms with van der Waals surface area (Å²) in [6.07, 6.45) is 11.9. The monoisotopic (exact) mass is 269 g/mol. The van der Waals surface area contributed by atoms with Crippen LogP contribution in [0.4, 0.5) is 4.79 Å². The maximum atomic E-state index is 11.4. The summed E-state index contributed by atoms with van der Waals surface area (Å²) < 4.78 is 5.19. The fraction of sp³-hybridized carbons (Fsp3) is 0.938. The van der Waals surface area contributed by atoms with Gasteiger partial charge in [-0.1, -0.05) is 51.4 Å². The molecule has 0 bridgehead atoms. The zero-order valence-corrected chi connectivity index (χ0v) is 13.0. The normalized spacial score (nSPS) is 17.2. The number of carbonyl (C=O) groups is 1. The predicted molar refractivity (Wildman–Crippen MR) is 79.3 cm³/mol. The quantitative estimate of drug-likeness (QED) is 0.713. The lowest BCUT2D eigenvalue weighted by Gasteiger charge is -2.21. The summed E-state index contributed by atoms with van der Waals surface area (Å²) in [5.74, 6) is 0.979. The van der Waals surface area contributed by atoms with Crippen molar-refractivity contribution in [2.24, 2.45) is 5.92 Å². The smallest absolute Gasteiger partial charge is 0.407 e. The Bertz CT molecular complexity index is 252. The number of unbranched alkanes of at least 4 members (excludes halogenated alkanes) is 2. The molecule has 0 spiro atoms. The summed E-state index contributed by atoms with van der Waals surface area (Å²) >= 11 is 0. The molecular weight excluding hydrogens is 238 g/mol. The molecule has 19 heavy (non-hydrogen) atoms. The summed E-state index contributed by atoms with van der Waals surface area (Å²) in [7, 11) is 0. The van der Waals surface area contributed by atoms with Crippen LogP contribution in [0.1, 0.15) is 78.6 Å². The minimum Gasteiger partial charge on any atom is -0.444 e. The van der Waals surface area contributed by atoms with Crippen molar-refractivity contribution in [2.45, 2.75) is 84.2 Å². The van der Waals surface area contributed by atoms with Gasteiger partial charge in [-0.3, -0.25) is 0 Å². The van der Waals surface area contributed by atoms with Gasteiger partial charge in [0.25, 0.3) is 0 Å². The van der Waals surface area contributed by atoms with Gasteiger partial charge in [-0.25, -0.2) is 4.79 Å². The van der Waals surface area contributed by atoms with Crippen LogP contribution in [-0.4, -0.2) is 18.2 Å². The lowest BCUT2D eigenvalue weighted by atomic mass is 9.86. The van der Waals surface area contributed by atoms with Gasteiger partial charge in [0.1, 0.15) is 5.60 Å². The number of ether oxygens (including phenoxy) is 1. The SMILES string of the molecule is CC(C)(C)OC(=O)NCCCCCC1CCCCC1. The molecule has 1 rings (SSSR count). The third-order valence-corrected chi connectivity index (χ3v) is 3.68. The largest absolute Gasteiger partial charge is 0.444 e. The molecule has 3 heteroatoms. The Morgan fingerprint density at radius 1 is 1.11 bits per heavy atom. The van der Waals surface area contributed by atoms with Gasteiger partial charge in [0.05, 0.1) is 0 Å². The number of nitrogens with one attached hydrogen (secondary N) is 1. The van der Waals surface area contributed by atoms with E-state index >= 15 is 0 Å². The van der Waals surface area contributed by atoms with Gasteiger partial charge in [-0.2, -0.15) is 0 Å². The Labute approximate surface area is 118 Å². The molecule has 0 radical (unpaired) electrons. The van der Waals surface area contributed by atoms with E-state index < -0.39 is 5.60 Å². The van der Waals surface area contributed by atoms with E-state index in [1.165, 1.54) is 51.4 Å². The molecule has 1 amide bonds. The molecule has 112 valence electrons. The maximum Gasteiger partial charge on any atom is 0.407 e. The van der Waals surface area contributed by atoms with Crippen LogP contribution in [0.5, 0.6) is 0 Å². The van der Waals surface area contributed by atoms with Gasteiger partial charge >= 0.3 is 6.09 Å². The fourth-order valence-electron chi connectivity index (χ4n) is 2.72. The van der Waals surface area contributed by atoms with Crippen molar-refractivity contribution in [1.82, 2.24) is 5.32 Å². The van der Waals surface area contributed by atoms with Gasteiger partial charge in [-0.15, -0.1) is 0 Å². The molecule has 1 N–H and O–H groups in total. The second-order valence-corrected chi connectivity index (χ2v) is 6.78. The van der Waals surface area contributed by atoms with Gasteiger partial charge in [0.15, 0.2) is 0 Å². The zero-order chi connectivity index (χ0) is 14.1. The van der Waals surface area contributed by atoms with Gasteiger partial charge in [-0.05, 0) is 33.1 Å². The van der Waals surface area contributed by atoms with E-state index in [2.05, 4.69) is 5.32 Å². The fourth-order valence-corrected chi connectivity index (χ4v) is 2.72. The van der Waals surface area contributed by atoms with Crippen LogP contribution in [0.25, 0.3) is 0 Å². The Hall–Kier alpha value is -0.730. The third kappa shape index (κ3) is 8.90. The van der Waals surface area contributed by atoms with Gasteiger partial charge < -0.3 is 10.1 Å². The number of hydrogen-bond acceptors (Lipinski definition) is 2. The molecule has 0 heterocycles. The van der Waals surface area contributed by atoms with Crippen molar-refractivity contribution in [3.63, 3.8) is 0 Å². The van der Waals surface area contributed by atoms with E-state index in [9.17, 15) is 4.79 Å². The van der Waals surface area contributed by atoms with Crippen molar-refractivity contribution >= 4 is 6.09 Å². The van der Waals surface area contributed by atoms with E-state index in [0.717, 1.165) is 18.9 Å². The summed E-state index contributed by atoms with van der Waals surface area (Å²) in [4.78, 5) is 11.4. The number of alkyl carbamates (subject to hydrolysis) is 1. The average Bonchev–Trinajstić information content (AvgIpc) is 2.32. The zero-order valence-electron chi connectivity index (χ0n) is 13.0. The molecular formula is C16H31NO2. The molecule has 0 aromatic rings. The van der Waals surface area contributed by atoms with Crippen LogP contribution in [-0.2, 0) is 4.74 Å². The van der Waals surface area contributed by atoms with Crippen molar-refractivity contribution < 1.29 is 9.53 Å². The highest BCUT2D eigenvalue weighted by molar-refractivity contribution is 5.67. The van der Waals surface area contributed by atoms with Crippen molar-refractivity contribution in [1.29, 1.82) is 0 Å². The third-order valence-electron chi connectivity index (χ3n) is 3.68. The highest BCUT2D eigenvalue weighted by Gasteiger charge is 2.15. The number of rotatable bonds is 6. The summed E-state index contributed by atoms with van der Waals surface area (Å²) in [5, 5.41) is 2.82. The summed E-state index contributed by atoms with van der Waals surface area (Å²) in [5.41, 5.74) is -0.398. The van der Waals surface area contributed by atoms with Crippen LogP contribution in [0.3, 0.4) is 0 Å². The minimum atomic E-state index is -0.398. The maximum absolute atomic E-state index is 11.4. The van der Waals surface area contributed by atoms with Crippen LogP contribution in [0, 0.1) is 5.92 Å². The van der Waals surface area contributed by atoms with Crippen LogP contribution in [0.15, 0.2) is 0 Å². The first-order valence-corrected chi connectivity index (χ1v) is 7.94. The second kappa shape index (κ2) is 8.44. The van der Waals surface area contributed by atoms with Crippen molar-refractivity contribution in [2.75, 3.05) is 6.54 Å². The topological polar surface area (TPSA) is 38.3 Å². The van der Waals surface area contributed by atoms with E-state index in [1.54, 1.807) is 0 Å². The first-order valence-electron chi connectivity index (χ1n) is 7.94. The Kier molecular flexibility index (Phi) is 7.25. The van der Waals surface area contributed by atoms with Gasteiger partial charge in [0.2, 0.25) is 0 Å². The second-order valence-electron chi connectivity index (χ2n) is 6.78. The minimum absolute atomic E-state index is 0.292. The van der Waals surface area contributed by atoms with Crippen LogP contribution >= 0.6 is 0 Å².